The minimum atomic E-state index is -0.360. The van der Waals surface area contributed by atoms with Crippen molar-refractivity contribution in [2.24, 2.45) is 35.5 Å². The molecule has 9 atom stereocenters. The van der Waals surface area contributed by atoms with E-state index in [0.717, 1.165) is 37.3 Å². The van der Waals surface area contributed by atoms with E-state index in [1.165, 1.54) is 80.3 Å². The van der Waals surface area contributed by atoms with Gasteiger partial charge >= 0.3 is 0 Å². The summed E-state index contributed by atoms with van der Waals surface area (Å²) in [6, 6.07) is 0.968. The fourth-order valence-electron chi connectivity index (χ4n) is 9.01. The van der Waals surface area contributed by atoms with Gasteiger partial charge in [-0.25, -0.2) is 0 Å². The SMILES string of the molecule is C=C/C(C)=C/C1=CC(CCC2CCCN(C(C)C3=CCC(CC(C)C(O)C4=CC=CC5CCC=CC45)C=C3)CC2)C(NC(=C)C)CC1. The molecule has 1 aliphatic heterocycles. The predicted molar refractivity (Wildman–Crippen MR) is 202 cm³/mol. The van der Waals surface area contributed by atoms with Crippen LogP contribution < -0.4 is 5.32 Å². The van der Waals surface area contributed by atoms with E-state index in [1.807, 2.05) is 6.08 Å². The molecule has 9 unspecified atom stereocenters. The zero-order valence-electron chi connectivity index (χ0n) is 30.0. The monoisotopic (exact) mass is 637 g/mol. The largest absolute Gasteiger partial charge is 0.388 e. The Morgan fingerprint density at radius 3 is 2.70 bits per heavy atom. The van der Waals surface area contributed by atoms with Gasteiger partial charge in [0.25, 0.3) is 0 Å². The Hall–Kier alpha value is -2.62. The molecule has 0 aromatic rings. The number of nitrogens with one attached hydrogen (secondary N) is 1. The van der Waals surface area contributed by atoms with E-state index in [2.05, 4.69) is 112 Å². The summed E-state index contributed by atoms with van der Waals surface area (Å²) in [5, 5.41) is 15.1. The van der Waals surface area contributed by atoms with Gasteiger partial charge in [0.1, 0.15) is 0 Å². The molecule has 47 heavy (non-hydrogen) atoms. The number of aliphatic hydroxyl groups is 1. The number of fused-ring (bicyclic) bond motifs is 1. The number of allylic oxidation sites excluding steroid dienone is 12. The Morgan fingerprint density at radius 2 is 1.94 bits per heavy atom. The lowest BCUT2D eigenvalue weighted by Crippen LogP contribution is -2.36. The number of nitrogens with zero attached hydrogens (tertiary/aromatic N) is 1. The molecule has 0 bridgehead atoms. The molecule has 4 aliphatic carbocycles. The molecule has 256 valence electrons. The van der Waals surface area contributed by atoms with Gasteiger partial charge in [-0.05, 0) is 145 Å². The number of rotatable bonds is 13. The summed E-state index contributed by atoms with van der Waals surface area (Å²) in [6.07, 6.45) is 38.5. The molecule has 3 heteroatoms. The van der Waals surface area contributed by atoms with E-state index in [-0.39, 0.29) is 12.0 Å². The van der Waals surface area contributed by atoms with Crippen molar-refractivity contribution < 1.29 is 5.11 Å². The number of aliphatic hydroxyl groups excluding tert-OH is 1. The van der Waals surface area contributed by atoms with Crippen LogP contribution >= 0.6 is 0 Å². The summed E-state index contributed by atoms with van der Waals surface area (Å²) in [5.74, 6) is 3.08. The molecule has 5 rings (SSSR count). The maximum atomic E-state index is 11.4. The van der Waals surface area contributed by atoms with Crippen molar-refractivity contribution in [1.29, 1.82) is 0 Å². The molecule has 0 aromatic carbocycles. The van der Waals surface area contributed by atoms with Crippen LogP contribution in [0.25, 0.3) is 0 Å². The van der Waals surface area contributed by atoms with Crippen molar-refractivity contribution in [3.8, 4) is 0 Å². The third kappa shape index (κ3) is 9.73. The fourth-order valence-corrected chi connectivity index (χ4v) is 9.01. The van der Waals surface area contributed by atoms with Crippen molar-refractivity contribution in [3.05, 3.63) is 108 Å². The molecule has 5 aliphatic rings. The first kappa shape index (κ1) is 35.7. The van der Waals surface area contributed by atoms with Gasteiger partial charge in [0.15, 0.2) is 0 Å². The van der Waals surface area contributed by atoms with Crippen LogP contribution in [-0.2, 0) is 0 Å². The predicted octanol–water partition coefficient (Wildman–Crippen LogP) is 10.2. The lowest BCUT2D eigenvalue weighted by molar-refractivity contribution is 0.125. The summed E-state index contributed by atoms with van der Waals surface area (Å²) >= 11 is 0. The van der Waals surface area contributed by atoms with Crippen molar-refractivity contribution in [3.63, 3.8) is 0 Å². The zero-order valence-corrected chi connectivity index (χ0v) is 30.0. The van der Waals surface area contributed by atoms with E-state index in [9.17, 15) is 5.11 Å². The van der Waals surface area contributed by atoms with Gasteiger partial charge in [0.2, 0.25) is 0 Å². The van der Waals surface area contributed by atoms with Gasteiger partial charge in [-0.1, -0.05) is 98.1 Å². The number of likely N-dealkylation sites (tertiary alicyclic amines) is 1. The van der Waals surface area contributed by atoms with E-state index >= 15 is 0 Å². The number of hydrogen-bond donors (Lipinski definition) is 2. The molecule has 1 fully saturated rings. The summed E-state index contributed by atoms with van der Waals surface area (Å²) in [5.41, 5.74) is 6.53. The average Bonchev–Trinajstić information content (AvgIpc) is 3.33. The van der Waals surface area contributed by atoms with Crippen molar-refractivity contribution >= 4 is 0 Å². The van der Waals surface area contributed by atoms with E-state index in [4.69, 9.17) is 0 Å². The zero-order chi connectivity index (χ0) is 33.3. The van der Waals surface area contributed by atoms with Gasteiger partial charge in [-0.3, -0.25) is 4.90 Å². The Bertz CT molecular complexity index is 1310. The minimum Gasteiger partial charge on any atom is -0.388 e. The van der Waals surface area contributed by atoms with Crippen molar-refractivity contribution in [1.82, 2.24) is 10.2 Å². The lowest BCUT2D eigenvalue weighted by Gasteiger charge is -2.35. The van der Waals surface area contributed by atoms with Gasteiger partial charge in [0.05, 0.1) is 6.10 Å². The fraction of sp³-hybridized carbons (Fsp3) is 0.591. The van der Waals surface area contributed by atoms with Crippen molar-refractivity contribution in [2.45, 2.75) is 117 Å². The highest BCUT2D eigenvalue weighted by molar-refractivity contribution is 5.33. The summed E-state index contributed by atoms with van der Waals surface area (Å²) in [6.45, 7) is 19.4. The van der Waals surface area contributed by atoms with E-state index < -0.39 is 0 Å². The van der Waals surface area contributed by atoms with Crippen LogP contribution in [0.15, 0.2) is 108 Å². The molecule has 1 heterocycles. The first-order valence-corrected chi connectivity index (χ1v) is 19.0. The average molecular weight is 637 g/mol. The van der Waals surface area contributed by atoms with Crippen LogP contribution in [0.3, 0.4) is 0 Å². The van der Waals surface area contributed by atoms with Crippen LogP contribution in [0.4, 0.5) is 0 Å². The highest BCUT2D eigenvalue weighted by Crippen LogP contribution is 2.39. The molecule has 0 amide bonds. The lowest BCUT2D eigenvalue weighted by atomic mass is 9.72. The molecule has 3 nitrogen and oxygen atoms in total. The van der Waals surface area contributed by atoms with Crippen molar-refractivity contribution in [2.75, 3.05) is 13.1 Å². The van der Waals surface area contributed by atoms with E-state index in [0.29, 0.717) is 35.8 Å². The highest BCUT2D eigenvalue weighted by Gasteiger charge is 2.32. The van der Waals surface area contributed by atoms with E-state index in [1.54, 1.807) is 0 Å². The molecule has 0 aromatic heterocycles. The second-order valence-corrected chi connectivity index (χ2v) is 15.6. The Morgan fingerprint density at radius 1 is 1.09 bits per heavy atom. The second kappa shape index (κ2) is 17.2. The van der Waals surface area contributed by atoms with Crippen LogP contribution in [0.2, 0.25) is 0 Å². The van der Waals surface area contributed by atoms with Crippen LogP contribution in [0.5, 0.6) is 0 Å². The molecule has 0 spiro atoms. The third-order valence-electron chi connectivity index (χ3n) is 12.0. The van der Waals surface area contributed by atoms with Gasteiger partial charge in [-0.2, -0.15) is 0 Å². The van der Waals surface area contributed by atoms with Crippen LogP contribution in [0, 0.1) is 35.5 Å². The highest BCUT2D eigenvalue weighted by atomic mass is 16.3. The number of hydrogen-bond acceptors (Lipinski definition) is 3. The topological polar surface area (TPSA) is 35.5 Å². The first-order chi connectivity index (χ1) is 22.7. The van der Waals surface area contributed by atoms with Gasteiger partial charge < -0.3 is 10.4 Å². The Balaban J connectivity index is 1.09. The maximum Gasteiger partial charge on any atom is 0.0784 e. The van der Waals surface area contributed by atoms with Crippen LogP contribution in [0.1, 0.15) is 98.3 Å². The maximum absolute atomic E-state index is 11.4. The third-order valence-corrected chi connectivity index (χ3v) is 12.0. The molecular weight excluding hydrogens is 572 g/mol. The standard InChI is InChI=1S/C44H64N2O/c1-7-32(4)28-37-20-24-43(45-31(2)3)40(30-37)23-17-35-12-11-26-46(27-25-35)34(6)38-21-18-36(19-22-38)29-33(5)44(47)42-16-10-14-39-13-8-9-15-41(39)42/h7,9-10,14-16,18,21-22,28,30,33-36,39-41,43-45,47H,1-2,8,11-13,17,19-20,23-27,29H2,3-6H3/b32-28+. The molecule has 2 N–H and O–H groups in total. The quantitative estimate of drug-likeness (QED) is 0.156. The smallest absolute Gasteiger partial charge is 0.0784 e. The first-order valence-electron chi connectivity index (χ1n) is 19.0. The van der Waals surface area contributed by atoms with Gasteiger partial charge in [0, 0.05) is 23.7 Å². The normalized spacial score (nSPS) is 31.9. The minimum absolute atomic E-state index is 0.253. The molecule has 0 saturated carbocycles. The summed E-state index contributed by atoms with van der Waals surface area (Å²) in [7, 11) is 0. The van der Waals surface area contributed by atoms with Gasteiger partial charge in [-0.15, -0.1) is 0 Å². The summed E-state index contributed by atoms with van der Waals surface area (Å²) < 4.78 is 0. The Labute approximate surface area is 287 Å². The van der Waals surface area contributed by atoms with Crippen LogP contribution in [-0.4, -0.2) is 41.3 Å². The molecular formula is C44H64N2O. The second-order valence-electron chi connectivity index (χ2n) is 15.6. The molecule has 0 radical (unpaired) electrons. The molecule has 1 saturated heterocycles. The summed E-state index contributed by atoms with van der Waals surface area (Å²) in [4.78, 5) is 2.74. The Kier molecular flexibility index (Phi) is 13.0.